The minimum absolute atomic E-state index is 0.0255. The van der Waals surface area contributed by atoms with Crippen molar-refractivity contribution in [2.45, 2.75) is 26.3 Å². The molecule has 5 rings (SSSR count). The number of aliphatic hydroxyl groups excluding tert-OH is 1. The third-order valence-electron chi connectivity index (χ3n) is 5.89. The molecule has 1 amide bonds. The largest absolute Gasteiger partial charge is 0.503 e. The number of aliphatic hydroxyl groups is 1. The van der Waals surface area contributed by atoms with Crippen LogP contribution in [-0.2, 0) is 11.2 Å². The van der Waals surface area contributed by atoms with E-state index in [2.05, 4.69) is 4.98 Å². The Labute approximate surface area is 203 Å². The number of aryl methyl sites for hydroxylation is 2. The number of ketones is 1. The van der Waals surface area contributed by atoms with Crippen LogP contribution in [-0.4, -0.2) is 26.7 Å². The van der Waals surface area contributed by atoms with Crippen LogP contribution in [0.1, 0.15) is 40.4 Å². The van der Waals surface area contributed by atoms with Gasteiger partial charge in [-0.25, -0.2) is 4.98 Å². The Hall–Kier alpha value is -4.31. The molecular weight excluding hydrogens is 470 g/mol. The molecule has 0 bridgehead atoms. The molecule has 1 unspecified atom stereocenters. The monoisotopic (exact) mass is 489 g/mol. The third kappa shape index (κ3) is 3.77. The fourth-order valence-electron chi connectivity index (χ4n) is 4.10. The van der Waals surface area contributed by atoms with Crippen LogP contribution in [0.15, 0.2) is 70.3 Å². The van der Waals surface area contributed by atoms with Gasteiger partial charge in [-0.15, -0.1) is 0 Å². The van der Waals surface area contributed by atoms with Gasteiger partial charge < -0.3 is 9.52 Å². The number of nitro benzene ring substituents is 1. The zero-order valence-electron chi connectivity index (χ0n) is 18.7. The molecule has 0 aliphatic carbocycles. The van der Waals surface area contributed by atoms with Crippen molar-refractivity contribution >= 4 is 44.1 Å². The summed E-state index contributed by atoms with van der Waals surface area (Å²) in [4.78, 5) is 43.2. The number of carbonyl (C=O) groups is 2. The lowest BCUT2D eigenvalue weighted by molar-refractivity contribution is -0.384. The van der Waals surface area contributed by atoms with E-state index in [0.29, 0.717) is 22.0 Å². The number of aromatic nitrogens is 1. The molecule has 9 nitrogen and oxygen atoms in total. The molecule has 10 heteroatoms. The van der Waals surface area contributed by atoms with Crippen LogP contribution >= 0.6 is 11.3 Å². The lowest BCUT2D eigenvalue weighted by atomic mass is 9.95. The van der Waals surface area contributed by atoms with E-state index in [1.165, 1.54) is 46.6 Å². The lowest BCUT2D eigenvalue weighted by Gasteiger charge is -2.24. The fourth-order valence-corrected chi connectivity index (χ4v) is 5.15. The van der Waals surface area contributed by atoms with Crippen LogP contribution < -0.4 is 4.90 Å². The summed E-state index contributed by atoms with van der Waals surface area (Å²) >= 11 is 1.26. The van der Waals surface area contributed by atoms with Crippen LogP contribution in [0.3, 0.4) is 0 Å². The van der Waals surface area contributed by atoms with Gasteiger partial charge in [-0.05, 0) is 60.9 Å². The number of anilines is 1. The van der Waals surface area contributed by atoms with E-state index in [-0.39, 0.29) is 17.0 Å². The summed E-state index contributed by atoms with van der Waals surface area (Å²) in [5, 5.41) is 22.3. The second-order valence-electron chi connectivity index (χ2n) is 8.08. The molecule has 176 valence electrons. The summed E-state index contributed by atoms with van der Waals surface area (Å²) in [5.41, 5.74) is 1.88. The maximum atomic E-state index is 13.4. The summed E-state index contributed by atoms with van der Waals surface area (Å²) in [6.45, 7) is 3.71. The normalized spacial score (nSPS) is 15.9. The molecule has 0 fully saturated rings. The van der Waals surface area contributed by atoms with E-state index < -0.39 is 28.4 Å². The fraction of sp³-hybridized carbons (Fsp3) is 0.160. The molecule has 1 atom stereocenters. The van der Waals surface area contributed by atoms with Crippen LogP contribution in [0.2, 0.25) is 0 Å². The maximum Gasteiger partial charge on any atom is 0.296 e. The number of non-ortho nitro benzene ring substituents is 1. The van der Waals surface area contributed by atoms with Crippen molar-refractivity contribution in [3.63, 3.8) is 0 Å². The van der Waals surface area contributed by atoms with Crippen molar-refractivity contribution in [2.24, 2.45) is 0 Å². The van der Waals surface area contributed by atoms with Crippen LogP contribution in [0, 0.1) is 17.0 Å². The number of nitrogens with zero attached hydrogens (tertiary/aromatic N) is 3. The predicted octanol–water partition coefficient (Wildman–Crippen LogP) is 5.45. The highest BCUT2D eigenvalue weighted by molar-refractivity contribution is 7.22. The molecule has 2 aromatic carbocycles. The molecule has 0 radical (unpaired) electrons. The standard InChI is InChI=1S/C25H19N3O6S/c1-3-14-5-10-17-19(12-14)35-25(26-17)27-21(15-6-8-16(9-7-15)28(32)33)20(23(30)24(27)31)22(29)18-11-4-13(2)34-18/h4-12,21,30H,3H2,1-2H3. The van der Waals surface area contributed by atoms with Crippen molar-refractivity contribution in [3.8, 4) is 0 Å². The number of carbonyl (C=O) groups excluding carboxylic acids is 2. The topological polar surface area (TPSA) is 127 Å². The molecular formula is C25H19N3O6S. The van der Waals surface area contributed by atoms with Crippen molar-refractivity contribution < 1.29 is 24.0 Å². The Morgan fingerprint density at radius 1 is 1.20 bits per heavy atom. The lowest BCUT2D eigenvalue weighted by Crippen LogP contribution is -2.30. The zero-order chi connectivity index (χ0) is 24.9. The number of hydrogen-bond acceptors (Lipinski definition) is 8. The van der Waals surface area contributed by atoms with E-state index in [4.69, 9.17) is 4.42 Å². The van der Waals surface area contributed by atoms with Gasteiger partial charge in [-0.2, -0.15) is 0 Å². The highest BCUT2D eigenvalue weighted by atomic mass is 32.1. The Balaban J connectivity index is 1.66. The van der Waals surface area contributed by atoms with Crippen molar-refractivity contribution in [1.29, 1.82) is 0 Å². The SMILES string of the molecule is CCc1ccc2nc(N3C(=O)C(O)=C(C(=O)c4ccc(C)o4)C3c3ccc([N+](=O)[O-])cc3)sc2c1. The molecule has 0 saturated carbocycles. The summed E-state index contributed by atoms with van der Waals surface area (Å²) in [5.74, 6) is -1.67. The van der Waals surface area contributed by atoms with E-state index >= 15 is 0 Å². The Morgan fingerprint density at radius 3 is 2.57 bits per heavy atom. The first-order valence-electron chi connectivity index (χ1n) is 10.8. The number of rotatable bonds is 6. The van der Waals surface area contributed by atoms with Crippen molar-refractivity contribution in [2.75, 3.05) is 4.90 Å². The van der Waals surface area contributed by atoms with Gasteiger partial charge in [0, 0.05) is 12.1 Å². The quantitative estimate of drug-likeness (QED) is 0.217. The molecule has 1 N–H and O–H groups in total. The van der Waals surface area contributed by atoms with Gasteiger partial charge in [0.1, 0.15) is 5.76 Å². The molecule has 1 aliphatic rings. The van der Waals surface area contributed by atoms with Crippen LogP contribution in [0.25, 0.3) is 10.2 Å². The number of Topliss-reactive ketones (excluding diaryl/α,β-unsaturated/α-hetero) is 1. The van der Waals surface area contributed by atoms with Crippen LogP contribution in [0.5, 0.6) is 0 Å². The molecule has 0 spiro atoms. The highest BCUT2D eigenvalue weighted by Gasteiger charge is 2.46. The Bertz CT molecular complexity index is 1530. The first-order chi connectivity index (χ1) is 16.8. The molecule has 1 aliphatic heterocycles. The molecule has 0 saturated heterocycles. The second-order valence-corrected chi connectivity index (χ2v) is 9.09. The highest BCUT2D eigenvalue weighted by Crippen LogP contribution is 2.44. The van der Waals surface area contributed by atoms with E-state index in [0.717, 1.165) is 16.7 Å². The number of amides is 1. The maximum absolute atomic E-state index is 13.4. The van der Waals surface area contributed by atoms with E-state index in [1.807, 2.05) is 25.1 Å². The average molecular weight is 490 g/mol. The number of nitro groups is 1. The first kappa shape index (κ1) is 22.5. The molecule has 2 aromatic heterocycles. The van der Waals surface area contributed by atoms with Crippen molar-refractivity contribution in [1.82, 2.24) is 4.98 Å². The molecule has 4 aromatic rings. The number of benzene rings is 2. The Morgan fingerprint density at radius 2 is 1.94 bits per heavy atom. The van der Waals surface area contributed by atoms with Gasteiger partial charge in [0.15, 0.2) is 16.7 Å². The number of fused-ring (bicyclic) bond motifs is 1. The summed E-state index contributed by atoms with van der Waals surface area (Å²) < 4.78 is 6.32. The first-order valence-corrected chi connectivity index (χ1v) is 11.6. The third-order valence-corrected chi connectivity index (χ3v) is 6.91. The number of thiazole rings is 1. The van der Waals surface area contributed by atoms with Crippen LogP contribution in [0.4, 0.5) is 10.8 Å². The number of furan rings is 1. The smallest absolute Gasteiger partial charge is 0.296 e. The van der Waals surface area contributed by atoms with Gasteiger partial charge in [-0.3, -0.25) is 24.6 Å². The van der Waals surface area contributed by atoms with Crippen molar-refractivity contribution in [3.05, 3.63) is 98.7 Å². The number of hydrogen-bond donors (Lipinski definition) is 1. The van der Waals surface area contributed by atoms with E-state index in [1.54, 1.807) is 13.0 Å². The summed E-state index contributed by atoms with van der Waals surface area (Å²) in [7, 11) is 0. The average Bonchev–Trinajstić information content (AvgIpc) is 3.54. The van der Waals surface area contributed by atoms with Gasteiger partial charge >= 0.3 is 0 Å². The molecule has 3 heterocycles. The molecule has 35 heavy (non-hydrogen) atoms. The minimum atomic E-state index is -1.05. The van der Waals surface area contributed by atoms with E-state index in [9.17, 15) is 24.8 Å². The summed E-state index contributed by atoms with van der Waals surface area (Å²) in [6.07, 6.45) is 0.834. The second kappa shape index (κ2) is 8.48. The predicted molar refractivity (Wildman–Crippen MR) is 130 cm³/mol. The minimum Gasteiger partial charge on any atom is -0.503 e. The van der Waals surface area contributed by atoms with Gasteiger partial charge in [-0.1, -0.05) is 24.3 Å². The van der Waals surface area contributed by atoms with Gasteiger partial charge in [0.05, 0.1) is 26.8 Å². The van der Waals surface area contributed by atoms with Gasteiger partial charge in [0.25, 0.3) is 11.6 Å². The summed E-state index contributed by atoms with van der Waals surface area (Å²) in [6, 6.07) is 13.3. The zero-order valence-corrected chi connectivity index (χ0v) is 19.5. The Kier molecular flexibility index (Phi) is 5.45. The van der Waals surface area contributed by atoms with Gasteiger partial charge in [0.2, 0.25) is 5.78 Å².